The molecule has 5 aliphatic rings. The van der Waals surface area contributed by atoms with E-state index in [1.165, 1.54) is 5.39 Å². The SMILES string of the molecule is O=C1[C@@H]2[C@H]3C=C[C@@H]([C@@H]4C[C@@H]34)[C@H]2C(=O)N1/N=C\c1ccccc1OCc1cccc2ccccc12. The van der Waals surface area contributed by atoms with Crippen molar-refractivity contribution in [1.82, 2.24) is 5.01 Å². The van der Waals surface area contributed by atoms with Gasteiger partial charge in [-0.05, 0) is 58.6 Å². The molecule has 1 aliphatic heterocycles. The summed E-state index contributed by atoms with van der Waals surface area (Å²) >= 11 is 0. The summed E-state index contributed by atoms with van der Waals surface area (Å²) in [6.45, 7) is 0.412. The maximum absolute atomic E-state index is 13.2. The molecule has 0 spiro atoms. The Labute approximate surface area is 197 Å². The number of hydrazone groups is 1. The number of imide groups is 1. The van der Waals surface area contributed by atoms with Crippen molar-refractivity contribution in [2.75, 3.05) is 0 Å². The lowest BCUT2D eigenvalue weighted by Gasteiger charge is -2.37. The molecule has 2 bridgehead atoms. The van der Waals surface area contributed by atoms with Crippen LogP contribution in [0.4, 0.5) is 0 Å². The number of hydrogen-bond donors (Lipinski definition) is 0. The van der Waals surface area contributed by atoms with E-state index in [1.807, 2.05) is 42.5 Å². The van der Waals surface area contributed by atoms with Gasteiger partial charge in [0.1, 0.15) is 12.4 Å². The maximum atomic E-state index is 13.2. The molecule has 6 atom stereocenters. The number of nitrogens with zero attached hydrogens (tertiary/aromatic N) is 2. The van der Waals surface area contributed by atoms with E-state index in [2.05, 4.69) is 41.5 Å². The second kappa shape index (κ2) is 7.39. The first kappa shape index (κ1) is 19.7. The summed E-state index contributed by atoms with van der Waals surface area (Å²) in [6, 6.07) is 22.0. The Hall–Kier alpha value is -3.73. The lowest BCUT2D eigenvalue weighted by atomic mass is 9.63. The highest BCUT2D eigenvalue weighted by Gasteiger charge is 2.67. The number of fused-ring (bicyclic) bond motifs is 1. The van der Waals surface area contributed by atoms with Gasteiger partial charge in [-0.15, -0.1) is 0 Å². The second-order valence-corrected chi connectivity index (χ2v) is 9.85. The number of allylic oxidation sites excluding steroid dienone is 2. The largest absolute Gasteiger partial charge is 0.488 e. The smallest absolute Gasteiger partial charge is 0.254 e. The molecule has 0 N–H and O–H groups in total. The Morgan fingerprint density at radius 2 is 1.53 bits per heavy atom. The van der Waals surface area contributed by atoms with Crippen molar-refractivity contribution in [2.45, 2.75) is 13.0 Å². The molecule has 5 nitrogen and oxygen atoms in total. The van der Waals surface area contributed by atoms with Gasteiger partial charge in [-0.3, -0.25) is 9.59 Å². The zero-order valence-corrected chi connectivity index (χ0v) is 18.6. The molecule has 3 aromatic rings. The summed E-state index contributed by atoms with van der Waals surface area (Å²) in [5.41, 5.74) is 1.84. The van der Waals surface area contributed by atoms with Gasteiger partial charge in [0.05, 0.1) is 18.1 Å². The number of rotatable bonds is 5. The van der Waals surface area contributed by atoms with E-state index in [0.29, 0.717) is 24.2 Å². The quantitative estimate of drug-likeness (QED) is 0.320. The van der Waals surface area contributed by atoms with E-state index in [-0.39, 0.29) is 35.5 Å². The molecule has 2 amide bonds. The number of benzene rings is 3. The van der Waals surface area contributed by atoms with Gasteiger partial charge in [0.25, 0.3) is 11.8 Å². The zero-order valence-electron chi connectivity index (χ0n) is 18.6. The first-order chi connectivity index (χ1) is 16.7. The molecule has 0 unspecified atom stereocenters. The fourth-order valence-corrected chi connectivity index (χ4v) is 6.47. The van der Waals surface area contributed by atoms with Crippen LogP contribution in [-0.2, 0) is 16.2 Å². The lowest BCUT2D eigenvalue weighted by molar-refractivity contribution is -0.140. The normalized spacial score (nSPS) is 30.8. The molecule has 4 aliphatic carbocycles. The van der Waals surface area contributed by atoms with Gasteiger partial charge in [-0.2, -0.15) is 10.1 Å². The highest BCUT2D eigenvalue weighted by Crippen LogP contribution is 2.65. The number of carbonyl (C=O) groups excluding carboxylic acids is 2. The number of hydrogen-bond acceptors (Lipinski definition) is 4. The fraction of sp³-hybridized carbons (Fsp3) is 0.276. The van der Waals surface area contributed by atoms with Crippen molar-refractivity contribution in [3.63, 3.8) is 0 Å². The van der Waals surface area contributed by atoms with Crippen LogP contribution in [0, 0.1) is 35.5 Å². The maximum Gasteiger partial charge on any atom is 0.254 e. The van der Waals surface area contributed by atoms with Crippen molar-refractivity contribution in [3.05, 3.63) is 90.0 Å². The summed E-state index contributed by atoms with van der Waals surface area (Å²) in [4.78, 5) is 26.3. The van der Waals surface area contributed by atoms with Crippen molar-refractivity contribution in [2.24, 2.45) is 40.6 Å². The Bertz CT molecular complexity index is 1350. The average molecular weight is 449 g/mol. The van der Waals surface area contributed by atoms with Crippen molar-refractivity contribution in [1.29, 1.82) is 0 Å². The van der Waals surface area contributed by atoms with Crippen LogP contribution in [0.5, 0.6) is 5.75 Å². The van der Waals surface area contributed by atoms with E-state index in [4.69, 9.17) is 4.74 Å². The zero-order chi connectivity index (χ0) is 22.8. The average Bonchev–Trinajstić information content (AvgIpc) is 3.66. The summed E-state index contributed by atoms with van der Waals surface area (Å²) in [5.74, 6) is 1.47. The van der Waals surface area contributed by atoms with Gasteiger partial charge < -0.3 is 4.74 Å². The summed E-state index contributed by atoms with van der Waals surface area (Å²) in [6.07, 6.45) is 7.09. The van der Waals surface area contributed by atoms with Crippen LogP contribution >= 0.6 is 0 Å². The Morgan fingerprint density at radius 3 is 2.32 bits per heavy atom. The topological polar surface area (TPSA) is 59.0 Å². The standard InChI is InChI=1S/C29H24N2O3/c32-28-26-21-12-13-22(24-14-23(21)24)27(26)29(33)31(28)30-15-18-7-2-4-11-25(18)34-16-19-9-5-8-17-6-1-3-10-20(17)19/h1-13,15,21-24,26-27H,14,16H2/b30-15-/t21-,22-,23-,24-,26+,27+/m0/s1. The molecule has 5 heteroatoms. The van der Waals surface area contributed by atoms with Gasteiger partial charge in [0.15, 0.2) is 0 Å². The second-order valence-electron chi connectivity index (χ2n) is 9.85. The number of para-hydroxylation sites is 1. The monoisotopic (exact) mass is 448 g/mol. The molecule has 168 valence electrons. The molecule has 1 heterocycles. The number of ether oxygens (including phenoxy) is 1. The highest BCUT2D eigenvalue weighted by molar-refractivity contribution is 6.06. The minimum atomic E-state index is -0.235. The summed E-state index contributed by atoms with van der Waals surface area (Å²) in [5, 5.41) is 7.84. The Kier molecular flexibility index (Phi) is 4.28. The molecular weight excluding hydrogens is 424 g/mol. The molecule has 0 aromatic heterocycles. The van der Waals surface area contributed by atoms with E-state index < -0.39 is 0 Å². The van der Waals surface area contributed by atoms with Crippen molar-refractivity contribution in [3.8, 4) is 5.75 Å². The fourth-order valence-electron chi connectivity index (χ4n) is 6.47. The van der Waals surface area contributed by atoms with Gasteiger partial charge in [-0.25, -0.2) is 0 Å². The minimum absolute atomic E-state index is 0.148. The van der Waals surface area contributed by atoms with E-state index in [9.17, 15) is 9.59 Å². The molecule has 3 fully saturated rings. The molecule has 2 saturated carbocycles. The van der Waals surface area contributed by atoms with Crippen molar-refractivity contribution >= 4 is 28.8 Å². The molecule has 3 aromatic carbocycles. The molecular formula is C29H24N2O3. The van der Waals surface area contributed by atoms with Crippen LogP contribution < -0.4 is 4.74 Å². The van der Waals surface area contributed by atoms with Crippen LogP contribution in [0.15, 0.2) is 84.0 Å². The van der Waals surface area contributed by atoms with Crippen LogP contribution in [0.3, 0.4) is 0 Å². The third kappa shape index (κ3) is 2.89. The van der Waals surface area contributed by atoms with Crippen molar-refractivity contribution < 1.29 is 14.3 Å². The van der Waals surface area contributed by atoms with Gasteiger partial charge in [-0.1, -0.05) is 66.7 Å². The first-order valence-electron chi connectivity index (χ1n) is 12.0. The summed E-state index contributed by atoms with van der Waals surface area (Å²) < 4.78 is 6.17. The third-order valence-electron chi connectivity index (χ3n) is 8.13. The third-order valence-corrected chi connectivity index (χ3v) is 8.13. The molecule has 1 saturated heterocycles. The van der Waals surface area contributed by atoms with Gasteiger partial charge >= 0.3 is 0 Å². The van der Waals surface area contributed by atoms with E-state index in [0.717, 1.165) is 27.9 Å². The van der Waals surface area contributed by atoms with Crippen LogP contribution in [0.2, 0.25) is 0 Å². The Balaban J connectivity index is 1.12. The van der Waals surface area contributed by atoms with Gasteiger partial charge in [0.2, 0.25) is 0 Å². The van der Waals surface area contributed by atoms with Crippen LogP contribution in [-0.4, -0.2) is 23.0 Å². The minimum Gasteiger partial charge on any atom is -0.488 e. The first-order valence-corrected chi connectivity index (χ1v) is 12.0. The number of carbonyl (C=O) groups is 2. The predicted molar refractivity (Wildman–Crippen MR) is 129 cm³/mol. The van der Waals surface area contributed by atoms with E-state index in [1.54, 1.807) is 6.21 Å². The molecule has 0 radical (unpaired) electrons. The van der Waals surface area contributed by atoms with Crippen LogP contribution in [0.25, 0.3) is 10.8 Å². The van der Waals surface area contributed by atoms with Gasteiger partial charge in [0, 0.05) is 5.56 Å². The molecule has 34 heavy (non-hydrogen) atoms. The predicted octanol–water partition coefficient (Wildman–Crippen LogP) is 4.81. The lowest BCUT2D eigenvalue weighted by Crippen LogP contribution is -2.40. The highest BCUT2D eigenvalue weighted by atomic mass is 16.5. The molecule has 8 rings (SSSR count). The van der Waals surface area contributed by atoms with Crippen LogP contribution in [0.1, 0.15) is 17.5 Å². The Morgan fingerprint density at radius 1 is 0.853 bits per heavy atom. The van der Waals surface area contributed by atoms with E-state index >= 15 is 0 Å². The number of amides is 2. The summed E-state index contributed by atoms with van der Waals surface area (Å²) in [7, 11) is 0.